The summed E-state index contributed by atoms with van der Waals surface area (Å²) in [7, 11) is 0. The van der Waals surface area contributed by atoms with E-state index >= 15 is 0 Å². The third-order valence-corrected chi connectivity index (χ3v) is 3.85. The van der Waals surface area contributed by atoms with E-state index in [1.807, 2.05) is 6.07 Å². The molecule has 0 aliphatic heterocycles. The molecular formula is C20H20FN3O3. The molecule has 1 aromatic heterocycles. The summed E-state index contributed by atoms with van der Waals surface area (Å²) in [5.74, 6) is 0.0847. The number of benzene rings is 2. The normalized spacial score (nSPS) is 10.6. The zero-order chi connectivity index (χ0) is 19.1. The van der Waals surface area contributed by atoms with E-state index in [1.54, 1.807) is 18.2 Å². The molecule has 3 aromatic rings. The summed E-state index contributed by atoms with van der Waals surface area (Å²) in [6.07, 6.45) is 3.20. The third-order valence-electron chi connectivity index (χ3n) is 3.85. The van der Waals surface area contributed by atoms with Crippen molar-refractivity contribution in [2.75, 3.05) is 11.9 Å². The molecule has 7 heteroatoms. The Morgan fingerprint density at radius 3 is 2.74 bits per heavy atom. The highest BCUT2D eigenvalue weighted by atomic mass is 19.1. The van der Waals surface area contributed by atoms with Gasteiger partial charge >= 0.3 is 6.01 Å². The van der Waals surface area contributed by atoms with Gasteiger partial charge in [0.2, 0.25) is 5.89 Å². The number of hydrogen-bond donors (Lipinski definition) is 1. The molecule has 6 nitrogen and oxygen atoms in total. The van der Waals surface area contributed by atoms with E-state index in [0.717, 1.165) is 19.3 Å². The van der Waals surface area contributed by atoms with Crippen molar-refractivity contribution in [1.29, 1.82) is 0 Å². The highest BCUT2D eigenvalue weighted by Gasteiger charge is 2.13. The predicted molar refractivity (Wildman–Crippen MR) is 99.1 cm³/mol. The first-order chi connectivity index (χ1) is 13.2. The Hall–Kier alpha value is -3.22. The van der Waals surface area contributed by atoms with Crippen LogP contribution in [0, 0.1) is 5.82 Å². The van der Waals surface area contributed by atoms with Gasteiger partial charge in [0.1, 0.15) is 11.6 Å². The van der Waals surface area contributed by atoms with Gasteiger partial charge in [-0.15, -0.1) is 5.10 Å². The lowest BCUT2D eigenvalue weighted by Gasteiger charge is -2.07. The molecule has 1 heterocycles. The van der Waals surface area contributed by atoms with Gasteiger partial charge in [-0.25, -0.2) is 4.39 Å². The van der Waals surface area contributed by atoms with Crippen LogP contribution in [0.2, 0.25) is 0 Å². The van der Waals surface area contributed by atoms with Gasteiger partial charge in [0.25, 0.3) is 5.91 Å². The number of amides is 1. The maximum atomic E-state index is 13.0. The number of aromatic nitrogens is 2. The first-order valence-corrected chi connectivity index (χ1v) is 8.79. The van der Waals surface area contributed by atoms with Gasteiger partial charge < -0.3 is 9.15 Å². The minimum Gasteiger partial charge on any atom is -0.494 e. The molecule has 0 aliphatic rings. The monoisotopic (exact) mass is 369 g/mol. The molecule has 2 aromatic carbocycles. The fraction of sp³-hybridized carbons (Fsp3) is 0.250. The summed E-state index contributed by atoms with van der Waals surface area (Å²) in [6.45, 7) is 2.74. The average Bonchev–Trinajstić information content (AvgIpc) is 3.14. The quantitative estimate of drug-likeness (QED) is 0.583. The highest BCUT2D eigenvalue weighted by Crippen LogP contribution is 2.21. The zero-order valence-corrected chi connectivity index (χ0v) is 14.9. The number of nitrogens with zero attached hydrogens (tertiary/aromatic N) is 2. The van der Waals surface area contributed by atoms with Crippen LogP contribution in [0.25, 0.3) is 11.5 Å². The molecule has 0 saturated carbocycles. The van der Waals surface area contributed by atoms with E-state index in [9.17, 15) is 9.18 Å². The minimum atomic E-state index is -0.386. The number of carbonyl (C=O) groups is 1. The molecule has 0 radical (unpaired) electrons. The van der Waals surface area contributed by atoms with Crippen LogP contribution >= 0.6 is 0 Å². The topological polar surface area (TPSA) is 77.2 Å². The largest absolute Gasteiger partial charge is 0.494 e. The van der Waals surface area contributed by atoms with Gasteiger partial charge in [-0.05, 0) is 48.9 Å². The standard InChI is InChI=1S/C20H20FN3O3/c1-2-3-4-12-26-17-7-5-6-15(13-17)18(25)22-20-24-23-19(27-20)14-8-10-16(21)11-9-14/h5-11,13H,2-4,12H2,1H3,(H,22,24,25). The Morgan fingerprint density at radius 1 is 1.15 bits per heavy atom. The maximum absolute atomic E-state index is 13.0. The molecule has 140 valence electrons. The van der Waals surface area contributed by atoms with E-state index in [2.05, 4.69) is 22.4 Å². The smallest absolute Gasteiger partial charge is 0.322 e. The average molecular weight is 369 g/mol. The number of unbranched alkanes of at least 4 members (excludes halogenated alkanes) is 2. The lowest BCUT2D eigenvalue weighted by atomic mass is 10.2. The number of ether oxygens (including phenoxy) is 1. The van der Waals surface area contributed by atoms with Gasteiger partial charge in [-0.2, -0.15) is 0 Å². The van der Waals surface area contributed by atoms with E-state index in [1.165, 1.54) is 24.3 Å². The van der Waals surface area contributed by atoms with Crippen LogP contribution < -0.4 is 10.1 Å². The molecule has 0 fully saturated rings. The third kappa shape index (κ3) is 5.13. The van der Waals surface area contributed by atoms with Crippen molar-refractivity contribution in [3.63, 3.8) is 0 Å². The van der Waals surface area contributed by atoms with Crippen LogP contribution in [-0.2, 0) is 0 Å². The van der Waals surface area contributed by atoms with Crippen LogP contribution in [0.4, 0.5) is 10.4 Å². The molecule has 0 aliphatic carbocycles. The summed E-state index contributed by atoms with van der Waals surface area (Å²) in [4.78, 5) is 12.4. The first-order valence-electron chi connectivity index (χ1n) is 8.79. The summed E-state index contributed by atoms with van der Waals surface area (Å²) in [5.41, 5.74) is 0.983. The number of carbonyl (C=O) groups excluding carboxylic acids is 1. The molecule has 0 bridgehead atoms. The highest BCUT2D eigenvalue weighted by molar-refractivity contribution is 6.03. The summed E-state index contributed by atoms with van der Waals surface area (Å²) in [5, 5.41) is 10.2. The molecule has 0 atom stereocenters. The van der Waals surface area contributed by atoms with Crippen molar-refractivity contribution in [1.82, 2.24) is 10.2 Å². The number of anilines is 1. The second-order valence-corrected chi connectivity index (χ2v) is 5.96. The molecule has 3 rings (SSSR count). The first kappa shape index (κ1) is 18.6. The number of halogens is 1. The lowest BCUT2D eigenvalue weighted by Crippen LogP contribution is -2.12. The molecule has 0 spiro atoms. The van der Waals surface area contributed by atoms with Gasteiger partial charge in [0, 0.05) is 11.1 Å². The second kappa shape index (κ2) is 8.93. The molecule has 0 unspecified atom stereocenters. The van der Waals surface area contributed by atoms with Crippen LogP contribution in [-0.4, -0.2) is 22.7 Å². The Bertz CT molecular complexity index is 893. The summed E-state index contributed by atoms with van der Waals surface area (Å²) >= 11 is 0. The van der Waals surface area contributed by atoms with E-state index < -0.39 is 0 Å². The molecule has 0 saturated heterocycles. The van der Waals surface area contributed by atoms with Gasteiger partial charge in [0.15, 0.2) is 0 Å². The SMILES string of the molecule is CCCCCOc1cccc(C(=O)Nc2nnc(-c3ccc(F)cc3)o2)c1. The van der Waals surface area contributed by atoms with Gasteiger partial charge in [-0.1, -0.05) is 30.9 Å². The zero-order valence-electron chi connectivity index (χ0n) is 14.9. The molecule has 1 N–H and O–H groups in total. The van der Waals surface area contributed by atoms with E-state index in [-0.39, 0.29) is 23.6 Å². The molecular weight excluding hydrogens is 349 g/mol. The van der Waals surface area contributed by atoms with Gasteiger partial charge in [-0.3, -0.25) is 10.1 Å². The van der Waals surface area contributed by atoms with E-state index in [4.69, 9.17) is 9.15 Å². The van der Waals surface area contributed by atoms with Crippen LogP contribution in [0.15, 0.2) is 52.9 Å². The number of rotatable bonds is 8. The van der Waals surface area contributed by atoms with Crippen molar-refractivity contribution in [2.24, 2.45) is 0 Å². The predicted octanol–water partition coefficient (Wildman–Crippen LogP) is 4.70. The number of hydrogen-bond acceptors (Lipinski definition) is 5. The van der Waals surface area contributed by atoms with Crippen molar-refractivity contribution >= 4 is 11.9 Å². The van der Waals surface area contributed by atoms with Crippen molar-refractivity contribution in [3.8, 4) is 17.2 Å². The number of nitrogens with one attached hydrogen (secondary N) is 1. The maximum Gasteiger partial charge on any atom is 0.322 e. The Morgan fingerprint density at radius 2 is 1.96 bits per heavy atom. The Kier molecular flexibility index (Phi) is 6.14. The molecule has 1 amide bonds. The minimum absolute atomic E-state index is 0.0337. The fourth-order valence-electron chi connectivity index (χ4n) is 2.42. The molecule has 27 heavy (non-hydrogen) atoms. The van der Waals surface area contributed by atoms with Crippen molar-refractivity contribution < 1.29 is 18.3 Å². The van der Waals surface area contributed by atoms with E-state index in [0.29, 0.717) is 23.5 Å². The fourth-order valence-corrected chi connectivity index (χ4v) is 2.42. The summed E-state index contributed by atoms with van der Waals surface area (Å²) in [6, 6.07) is 12.5. The lowest BCUT2D eigenvalue weighted by molar-refractivity contribution is 0.102. The second-order valence-electron chi connectivity index (χ2n) is 5.96. The Labute approximate surface area is 156 Å². The van der Waals surface area contributed by atoms with Crippen molar-refractivity contribution in [3.05, 3.63) is 59.9 Å². The Balaban J connectivity index is 1.63. The van der Waals surface area contributed by atoms with Crippen LogP contribution in [0.3, 0.4) is 0 Å². The van der Waals surface area contributed by atoms with Crippen molar-refractivity contribution in [2.45, 2.75) is 26.2 Å². The summed E-state index contributed by atoms with van der Waals surface area (Å²) < 4.78 is 24.1. The van der Waals surface area contributed by atoms with Crippen LogP contribution in [0.1, 0.15) is 36.5 Å². The van der Waals surface area contributed by atoms with Gasteiger partial charge in [0.05, 0.1) is 6.61 Å². The van der Waals surface area contributed by atoms with Crippen LogP contribution in [0.5, 0.6) is 5.75 Å².